The van der Waals surface area contributed by atoms with Gasteiger partial charge in [-0.1, -0.05) is 17.9 Å². The van der Waals surface area contributed by atoms with E-state index in [9.17, 15) is 13.2 Å². The second kappa shape index (κ2) is 4.93. The molecule has 0 radical (unpaired) electrons. The van der Waals surface area contributed by atoms with Gasteiger partial charge in [-0.05, 0) is 26.0 Å². The average Bonchev–Trinajstić information content (AvgIpc) is 2.35. The Kier molecular flexibility index (Phi) is 3.59. The van der Waals surface area contributed by atoms with Crippen LogP contribution in [0.25, 0.3) is 0 Å². The predicted octanol–water partition coefficient (Wildman–Crippen LogP) is 3.46. The second-order valence-corrected chi connectivity index (χ2v) is 5.30. The number of alkyl halides is 3. The molecule has 0 fully saturated rings. The third kappa shape index (κ3) is 2.69. The van der Waals surface area contributed by atoms with Crippen molar-refractivity contribution in [3.05, 3.63) is 23.8 Å². The van der Waals surface area contributed by atoms with Crippen molar-refractivity contribution in [2.75, 3.05) is 25.1 Å². The molecule has 0 unspecified atom stereocenters. The van der Waals surface area contributed by atoms with Crippen molar-refractivity contribution >= 4 is 5.69 Å². The first-order chi connectivity index (χ1) is 9.22. The van der Waals surface area contributed by atoms with E-state index in [2.05, 4.69) is 11.8 Å². The molecule has 2 nitrogen and oxygen atoms in total. The van der Waals surface area contributed by atoms with Crippen molar-refractivity contribution in [3.63, 3.8) is 0 Å². The van der Waals surface area contributed by atoms with Gasteiger partial charge in [0, 0.05) is 7.05 Å². The van der Waals surface area contributed by atoms with Crippen LogP contribution >= 0.6 is 0 Å². The highest BCUT2D eigenvalue weighted by Gasteiger charge is 2.46. The first-order valence-electron chi connectivity index (χ1n) is 6.29. The largest absolute Gasteiger partial charge is 0.488 e. The van der Waals surface area contributed by atoms with Crippen molar-refractivity contribution in [2.24, 2.45) is 5.41 Å². The van der Waals surface area contributed by atoms with E-state index >= 15 is 0 Å². The van der Waals surface area contributed by atoms with Gasteiger partial charge in [-0.3, -0.25) is 0 Å². The lowest BCUT2D eigenvalue weighted by Crippen LogP contribution is -2.30. The van der Waals surface area contributed by atoms with Crippen molar-refractivity contribution in [1.82, 2.24) is 0 Å². The average molecular weight is 283 g/mol. The molecule has 0 spiro atoms. The molecule has 5 heteroatoms. The summed E-state index contributed by atoms with van der Waals surface area (Å²) in [6.07, 6.45) is -4.35. The van der Waals surface area contributed by atoms with E-state index in [1.165, 1.54) is 0 Å². The van der Waals surface area contributed by atoms with Gasteiger partial charge in [0.05, 0.1) is 17.8 Å². The summed E-state index contributed by atoms with van der Waals surface area (Å²) in [4.78, 5) is 2.00. The Morgan fingerprint density at radius 3 is 2.60 bits per heavy atom. The summed E-state index contributed by atoms with van der Waals surface area (Å²) in [7, 11) is 1.91. The number of para-hydroxylation sites is 1. The van der Waals surface area contributed by atoms with E-state index in [0.717, 1.165) is 26.1 Å². The zero-order chi connectivity index (χ0) is 15.0. The Morgan fingerprint density at radius 2 is 1.95 bits per heavy atom. The Balaban J connectivity index is 2.40. The monoisotopic (exact) mass is 283 g/mol. The van der Waals surface area contributed by atoms with Gasteiger partial charge in [0.15, 0.2) is 5.75 Å². The summed E-state index contributed by atoms with van der Waals surface area (Å²) in [5.74, 6) is 5.49. The van der Waals surface area contributed by atoms with E-state index < -0.39 is 11.6 Å². The third-order valence-electron chi connectivity index (χ3n) is 3.30. The predicted molar refractivity (Wildman–Crippen MR) is 71.9 cm³/mol. The van der Waals surface area contributed by atoms with Crippen LogP contribution in [0.2, 0.25) is 0 Å². The fraction of sp³-hybridized carbons (Fsp3) is 0.467. The number of hydrogen-bond donors (Lipinski definition) is 0. The molecule has 0 aliphatic carbocycles. The molecule has 1 aromatic carbocycles. The number of nitrogens with zero attached hydrogens (tertiary/aromatic N) is 1. The van der Waals surface area contributed by atoms with Crippen molar-refractivity contribution in [1.29, 1.82) is 0 Å². The van der Waals surface area contributed by atoms with Crippen LogP contribution in [0.4, 0.5) is 18.9 Å². The van der Waals surface area contributed by atoms with Crippen LogP contribution in [-0.2, 0) is 0 Å². The van der Waals surface area contributed by atoms with Crippen molar-refractivity contribution < 1.29 is 17.9 Å². The van der Waals surface area contributed by atoms with Crippen molar-refractivity contribution in [2.45, 2.75) is 20.0 Å². The molecule has 1 aliphatic rings. The molecule has 0 saturated carbocycles. The van der Waals surface area contributed by atoms with Crippen LogP contribution in [-0.4, -0.2) is 26.4 Å². The van der Waals surface area contributed by atoms with Crippen LogP contribution in [0.5, 0.6) is 5.75 Å². The van der Waals surface area contributed by atoms with E-state index in [-0.39, 0.29) is 0 Å². The van der Waals surface area contributed by atoms with Gasteiger partial charge in [0.25, 0.3) is 0 Å². The van der Waals surface area contributed by atoms with Gasteiger partial charge in [-0.2, -0.15) is 13.2 Å². The van der Waals surface area contributed by atoms with E-state index in [1.807, 2.05) is 18.0 Å². The van der Waals surface area contributed by atoms with Gasteiger partial charge >= 0.3 is 6.18 Å². The minimum atomic E-state index is -4.35. The lowest BCUT2D eigenvalue weighted by Gasteiger charge is -2.28. The maximum atomic E-state index is 12.8. The first kappa shape index (κ1) is 14.6. The molecular weight excluding hydrogens is 267 g/mol. The summed E-state index contributed by atoms with van der Waals surface area (Å²) >= 11 is 0. The summed E-state index contributed by atoms with van der Waals surface area (Å²) < 4.78 is 43.9. The summed E-state index contributed by atoms with van der Waals surface area (Å²) in [5, 5.41) is 0. The second-order valence-electron chi connectivity index (χ2n) is 5.30. The molecule has 0 saturated heterocycles. The van der Waals surface area contributed by atoms with Gasteiger partial charge in [0.2, 0.25) is 0 Å². The number of hydrogen-bond acceptors (Lipinski definition) is 2. The number of likely N-dealkylation sites (N-methyl/N-ethyl adjacent to an activating group) is 1. The molecule has 108 valence electrons. The van der Waals surface area contributed by atoms with Gasteiger partial charge in [-0.15, -0.1) is 0 Å². The zero-order valence-corrected chi connectivity index (χ0v) is 11.6. The molecule has 1 heterocycles. The number of benzene rings is 1. The van der Waals surface area contributed by atoms with E-state index in [0.29, 0.717) is 17.9 Å². The first-order valence-corrected chi connectivity index (χ1v) is 6.29. The highest BCUT2D eigenvalue weighted by molar-refractivity contribution is 5.66. The Bertz CT molecular complexity index is 567. The molecule has 20 heavy (non-hydrogen) atoms. The lowest BCUT2D eigenvalue weighted by molar-refractivity contribution is -0.190. The minimum absolute atomic E-state index is 0.492. The van der Waals surface area contributed by atoms with Gasteiger partial charge in [0.1, 0.15) is 12.0 Å². The zero-order valence-electron chi connectivity index (χ0n) is 11.6. The molecule has 0 aromatic heterocycles. The summed E-state index contributed by atoms with van der Waals surface area (Å²) in [6, 6.07) is 5.32. The number of halogens is 3. The Morgan fingerprint density at radius 1 is 1.25 bits per heavy atom. The number of fused-ring (bicyclic) bond motifs is 1. The molecule has 0 amide bonds. The highest BCUT2D eigenvalue weighted by atomic mass is 19.4. The normalized spacial score (nSPS) is 15.0. The van der Waals surface area contributed by atoms with Crippen molar-refractivity contribution in [3.8, 4) is 17.6 Å². The number of anilines is 1. The van der Waals surface area contributed by atoms with Crippen LogP contribution in [0, 0.1) is 17.3 Å². The van der Waals surface area contributed by atoms with Crippen LogP contribution < -0.4 is 9.64 Å². The van der Waals surface area contributed by atoms with Gasteiger partial charge < -0.3 is 9.64 Å². The lowest BCUT2D eigenvalue weighted by atomic mass is 9.93. The van der Waals surface area contributed by atoms with E-state index in [4.69, 9.17) is 4.74 Å². The fourth-order valence-electron chi connectivity index (χ4n) is 1.78. The Labute approximate surface area is 116 Å². The molecule has 0 bridgehead atoms. The molecular formula is C15H16F3NO. The quantitative estimate of drug-likeness (QED) is 0.676. The van der Waals surface area contributed by atoms with E-state index in [1.54, 1.807) is 12.1 Å². The number of ether oxygens (including phenoxy) is 1. The Hall–Kier alpha value is -1.83. The topological polar surface area (TPSA) is 12.5 Å². The molecule has 0 atom stereocenters. The molecule has 2 rings (SSSR count). The van der Waals surface area contributed by atoms with Crippen LogP contribution in [0.1, 0.15) is 19.4 Å². The molecule has 0 N–H and O–H groups in total. The van der Waals surface area contributed by atoms with Crippen LogP contribution in [0.15, 0.2) is 18.2 Å². The third-order valence-corrected chi connectivity index (χ3v) is 3.30. The summed E-state index contributed by atoms with van der Waals surface area (Å²) in [6.45, 7) is 3.40. The SMILES string of the molecule is CN1CCOc2c(C#CC(C)(C)C(F)(F)F)cccc21. The maximum absolute atomic E-state index is 12.8. The van der Waals surface area contributed by atoms with Crippen LogP contribution in [0.3, 0.4) is 0 Å². The minimum Gasteiger partial charge on any atom is -0.488 e. The standard InChI is InChI=1S/C15H16F3NO/c1-14(2,15(16,17)18)8-7-11-5-4-6-12-13(11)20-10-9-19(12)3/h4-6H,9-10H2,1-3H3. The smallest absolute Gasteiger partial charge is 0.404 e. The molecule has 1 aromatic rings. The van der Waals surface area contributed by atoms with Gasteiger partial charge in [-0.25, -0.2) is 0 Å². The highest BCUT2D eigenvalue weighted by Crippen LogP contribution is 2.38. The fourth-order valence-corrected chi connectivity index (χ4v) is 1.78. The molecule has 1 aliphatic heterocycles. The number of rotatable bonds is 0. The maximum Gasteiger partial charge on any atom is 0.404 e. The summed E-state index contributed by atoms with van der Waals surface area (Å²) in [5.41, 5.74) is -0.699.